The van der Waals surface area contributed by atoms with E-state index in [1.807, 2.05) is 31.7 Å². The van der Waals surface area contributed by atoms with Gasteiger partial charge in [-0.05, 0) is 63.9 Å². The van der Waals surface area contributed by atoms with E-state index in [1.54, 1.807) is 11.3 Å². The van der Waals surface area contributed by atoms with Crippen LogP contribution in [0, 0.1) is 6.92 Å². The number of hydrogen-bond acceptors (Lipinski definition) is 6. The minimum Gasteiger partial charge on any atom is -0.444 e. The van der Waals surface area contributed by atoms with E-state index in [0.29, 0.717) is 12.4 Å². The summed E-state index contributed by atoms with van der Waals surface area (Å²) in [6.07, 6.45) is 0.720. The summed E-state index contributed by atoms with van der Waals surface area (Å²) >= 11 is 1.69. The Morgan fingerprint density at radius 1 is 1.17 bits per heavy atom. The van der Waals surface area contributed by atoms with Gasteiger partial charge in [0, 0.05) is 37.6 Å². The molecule has 1 aromatic carbocycles. The highest BCUT2D eigenvalue weighted by Crippen LogP contribution is 2.30. The van der Waals surface area contributed by atoms with E-state index in [0.717, 1.165) is 48.6 Å². The van der Waals surface area contributed by atoms with Crippen LogP contribution in [0.5, 0.6) is 0 Å². The predicted molar refractivity (Wildman–Crippen MR) is 120 cm³/mol. The number of amides is 1. The SMILES string of the molecule is Cc1ccc(-c2nc3cc(CN4CCCN(C(=O)OC(C)(C)C)CC4)ccc3o2)s1. The van der Waals surface area contributed by atoms with Crippen molar-refractivity contribution in [2.75, 3.05) is 26.2 Å². The maximum Gasteiger partial charge on any atom is 0.410 e. The standard InChI is InChI=1S/C23H29N3O3S/c1-16-6-9-20(30-16)21-24-18-14-17(7-8-19(18)28-21)15-25-10-5-11-26(13-12-25)22(27)29-23(2,3)4/h6-9,14H,5,10-13,15H2,1-4H3. The van der Waals surface area contributed by atoms with Crippen LogP contribution < -0.4 is 0 Å². The lowest BCUT2D eigenvalue weighted by atomic mass is 10.2. The third kappa shape index (κ3) is 5.02. The van der Waals surface area contributed by atoms with Gasteiger partial charge >= 0.3 is 6.09 Å². The average molecular weight is 428 g/mol. The number of rotatable bonds is 3. The Morgan fingerprint density at radius 2 is 2.00 bits per heavy atom. The molecule has 7 heteroatoms. The molecule has 1 saturated heterocycles. The molecule has 3 heterocycles. The number of hydrogen-bond donors (Lipinski definition) is 0. The fraction of sp³-hybridized carbons (Fsp3) is 0.478. The van der Waals surface area contributed by atoms with Crippen LogP contribution in [0.2, 0.25) is 0 Å². The quantitative estimate of drug-likeness (QED) is 0.567. The largest absolute Gasteiger partial charge is 0.444 e. The Labute approximate surface area is 181 Å². The number of carbonyl (C=O) groups is 1. The molecule has 1 aliphatic heterocycles. The van der Waals surface area contributed by atoms with Crippen LogP contribution in [0.25, 0.3) is 21.9 Å². The van der Waals surface area contributed by atoms with Crippen LogP contribution in [0.15, 0.2) is 34.7 Å². The smallest absolute Gasteiger partial charge is 0.410 e. The highest BCUT2D eigenvalue weighted by Gasteiger charge is 2.24. The van der Waals surface area contributed by atoms with Crippen LogP contribution in [0.1, 0.15) is 37.6 Å². The van der Waals surface area contributed by atoms with E-state index >= 15 is 0 Å². The molecule has 1 amide bonds. The van der Waals surface area contributed by atoms with Gasteiger partial charge in [0.05, 0.1) is 4.88 Å². The third-order valence-electron chi connectivity index (χ3n) is 5.05. The molecule has 2 aromatic heterocycles. The fourth-order valence-electron chi connectivity index (χ4n) is 3.62. The van der Waals surface area contributed by atoms with Gasteiger partial charge in [-0.15, -0.1) is 11.3 Å². The van der Waals surface area contributed by atoms with Crippen molar-refractivity contribution in [1.82, 2.24) is 14.8 Å². The molecule has 1 fully saturated rings. The second-order valence-corrected chi connectivity index (χ2v) is 10.1. The number of oxazole rings is 1. The number of carbonyl (C=O) groups excluding carboxylic acids is 1. The number of aryl methyl sites for hydroxylation is 1. The molecule has 160 valence electrons. The summed E-state index contributed by atoms with van der Waals surface area (Å²) in [6.45, 7) is 11.8. The summed E-state index contributed by atoms with van der Waals surface area (Å²) in [5.41, 5.74) is 2.44. The zero-order valence-electron chi connectivity index (χ0n) is 18.1. The first kappa shape index (κ1) is 20.9. The second-order valence-electron chi connectivity index (χ2n) is 8.83. The zero-order chi connectivity index (χ0) is 21.3. The molecule has 0 spiro atoms. The highest BCUT2D eigenvalue weighted by atomic mass is 32.1. The summed E-state index contributed by atoms with van der Waals surface area (Å²) in [4.78, 5) is 23.6. The first-order valence-electron chi connectivity index (χ1n) is 10.4. The molecule has 6 nitrogen and oxygen atoms in total. The van der Waals surface area contributed by atoms with Gasteiger partial charge in [-0.25, -0.2) is 9.78 Å². The number of nitrogens with zero attached hydrogens (tertiary/aromatic N) is 3. The van der Waals surface area contributed by atoms with Gasteiger partial charge in [0.15, 0.2) is 5.58 Å². The molecule has 1 aliphatic rings. The van der Waals surface area contributed by atoms with Crippen LogP contribution >= 0.6 is 11.3 Å². The van der Waals surface area contributed by atoms with Gasteiger partial charge in [0.2, 0.25) is 5.89 Å². The first-order chi connectivity index (χ1) is 14.3. The zero-order valence-corrected chi connectivity index (χ0v) is 18.9. The van der Waals surface area contributed by atoms with E-state index < -0.39 is 5.60 Å². The normalized spacial score (nSPS) is 16.1. The number of ether oxygens (including phenoxy) is 1. The van der Waals surface area contributed by atoms with Gasteiger partial charge < -0.3 is 14.1 Å². The van der Waals surface area contributed by atoms with Crippen molar-refractivity contribution < 1.29 is 13.9 Å². The van der Waals surface area contributed by atoms with E-state index in [4.69, 9.17) is 14.1 Å². The second kappa shape index (κ2) is 8.40. The highest BCUT2D eigenvalue weighted by molar-refractivity contribution is 7.15. The summed E-state index contributed by atoms with van der Waals surface area (Å²) in [5.74, 6) is 0.683. The van der Waals surface area contributed by atoms with Crippen molar-refractivity contribution >= 4 is 28.5 Å². The van der Waals surface area contributed by atoms with Crippen molar-refractivity contribution in [2.24, 2.45) is 0 Å². The Morgan fingerprint density at radius 3 is 2.73 bits per heavy atom. The number of aromatic nitrogens is 1. The van der Waals surface area contributed by atoms with Gasteiger partial charge in [-0.3, -0.25) is 4.90 Å². The molecule has 0 atom stereocenters. The Hall–Kier alpha value is -2.38. The Kier molecular flexibility index (Phi) is 5.84. The van der Waals surface area contributed by atoms with Crippen molar-refractivity contribution in [3.8, 4) is 10.8 Å². The maximum atomic E-state index is 12.4. The lowest BCUT2D eigenvalue weighted by Crippen LogP contribution is -2.39. The predicted octanol–water partition coefficient (Wildman–Crippen LogP) is 5.31. The van der Waals surface area contributed by atoms with Crippen molar-refractivity contribution in [1.29, 1.82) is 0 Å². The Balaban J connectivity index is 1.41. The summed E-state index contributed by atoms with van der Waals surface area (Å²) in [6, 6.07) is 10.4. The number of fused-ring (bicyclic) bond motifs is 1. The van der Waals surface area contributed by atoms with E-state index in [2.05, 4.69) is 36.1 Å². The first-order valence-corrected chi connectivity index (χ1v) is 11.2. The number of benzene rings is 1. The van der Waals surface area contributed by atoms with Crippen molar-refractivity contribution in [3.05, 3.63) is 40.8 Å². The minimum absolute atomic E-state index is 0.218. The Bertz CT molecular complexity index is 1030. The molecule has 4 rings (SSSR count). The number of thiophene rings is 1. The van der Waals surface area contributed by atoms with Crippen molar-refractivity contribution in [2.45, 2.75) is 46.3 Å². The van der Waals surface area contributed by atoms with Crippen LogP contribution in [-0.4, -0.2) is 52.7 Å². The van der Waals surface area contributed by atoms with Gasteiger partial charge in [0.1, 0.15) is 11.1 Å². The molecule has 0 aliphatic carbocycles. The molecular weight excluding hydrogens is 398 g/mol. The molecule has 0 saturated carbocycles. The average Bonchev–Trinajstić information content (AvgIpc) is 3.20. The third-order valence-corrected chi connectivity index (χ3v) is 6.04. The maximum absolute atomic E-state index is 12.4. The van der Waals surface area contributed by atoms with E-state index in [-0.39, 0.29) is 6.09 Å². The molecule has 0 radical (unpaired) electrons. The molecule has 0 N–H and O–H groups in total. The molecule has 3 aromatic rings. The van der Waals surface area contributed by atoms with Crippen LogP contribution in [0.4, 0.5) is 4.79 Å². The summed E-state index contributed by atoms with van der Waals surface area (Å²) in [5, 5.41) is 0. The summed E-state index contributed by atoms with van der Waals surface area (Å²) < 4.78 is 11.5. The molecular formula is C23H29N3O3S. The fourth-order valence-corrected chi connectivity index (χ4v) is 4.42. The van der Waals surface area contributed by atoms with Crippen LogP contribution in [-0.2, 0) is 11.3 Å². The topological polar surface area (TPSA) is 58.8 Å². The lowest BCUT2D eigenvalue weighted by Gasteiger charge is -2.26. The molecule has 30 heavy (non-hydrogen) atoms. The lowest BCUT2D eigenvalue weighted by molar-refractivity contribution is 0.0257. The molecule has 0 bridgehead atoms. The van der Waals surface area contributed by atoms with Crippen molar-refractivity contribution in [3.63, 3.8) is 0 Å². The van der Waals surface area contributed by atoms with E-state index in [9.17, 15) is 4.79 Å². The van der Waals surface area contributed by atoms with Gasteiger partial charge in [-0.2, -0.15) is 0 Å². The van der Waals surface area contributed by atoms with Gasteiger partial charge in [-0.1, -0.05) is 6.07 Å². The molecule has 0 unspecified atom stereocenters. The minimum atomic E-state index is -0.462. The van der Waals surface area contributed by atoms with Gasteiger partial charge in [0.25, 0.3) is 0 Å². The monoisotopic (exact) mass is 427 g/mol. The summed E-state index contributed by atoms with van der Waals surface area (Å²) in [7, 11) is 0. The van der Waals surface area contributed by atoms with E-state index in [1.165, 1.54) is 10.4 Å². The van der Waals surface area contributed by atoms with Crippen LogP contribution in [0.3, 0.4) is 0 Å².